The predicted octanol–water partition coefficient (Wildman–Crippen LogP) is 2.44. The van der Waals surface area contributed by atoms with Crippen molar-refractivity contribution in [2.75, 3.05) is 6.61 Å². The third-order valence-corrected chi connectivity index (χ3v) is 3.01. The summed E-state index contributed by atoms with van der Waals surface area (Å²) in [6, 6.07) is 6.12. The molecule has 2 rings (SSSR count). The first-order valence-corrected chi connectivity index (χ1v) is 5.56. The first-order valence-electron chi connectivity index (χ1n) is 4.76. The highest BCUT2D eigenvalue weighted by Crippen LogP contribution is 2.31. The molecule has 76 valence electrons. The topological polar surface area (TPSA) is 29.5 Å². The molecule has 0 bridgehead atoms. The molecule has 14 heavy (non-hydrogen) atoms. The third kappa shape index (κ3) is 1.85. The van der Waals surface area contributed by atoms with Crippen LogP contribution < -0.4 is 0 Å². The number of hydrogen-bond acceptors (Lipinski definition) is 2. The third-order valence-electron chi connectivity index (χ3n) is 2.52. The average Bonchev–Trinajstić information content (AvgIpc) is 2.16. The molecule has 0 saturated carbocycles. The van der Waals surface area contributed by atoms with Crippen LogP contribution in [0.3, 0.4) is 0 Å². The van der Waals surface area contributed by atoms with Gasteiger partial charge in [0.25, 0.3) is 0 Å². The standard InChI is InChI=1S/C11H13BrO2/c1-7(13)11-10-3-2-9(12)6-8(10)4-5-14-11/h2-3,6-7,11,13H,4-5H2,1H3/t7?,11-/m1/s1. The Hall–Kier alpha value is -0.380. The van der Waals surface area contributed by atoms with Gasteiger partial charge in [0, 0.05) is 4.47 Å². The zero-order chi connectivity index (χ0) is 10.1. The van der Waals surface area contributed by atoms with Crippen LogP contribution in [0.15, 0.2) is 22.7 Å². The minimum Gasteiger partial charge on any atom is -0.390 e. The van der Waals surface area contributed by atoms with Gasteiger partial charge >= 0.3 is 0 Å². The fourth-order valence-corrected chi connectivity index (χ4v) is 2.26. The van der Waals surface area contributed by atoms with Gasteiger partial charge < -0.3 is 9.84 Å². The number of benzene rings is 1. The Morgan fingerprint density at radius 3 is 3.07 bits per heavy atom. The zero-order valence-corrected chi connectivity index (χ0v) is 9.62. The van der Waals surface area contributed by atoms with Crippen molar-refractivity contribution in [2.24, 2.45) is 0 Å². The van der Waals surface area contributed by atoms with Gasteiger partial charge in [-0.15, -0.1) is 0 Å². The highest BCUT2D eigenvalue weighted by molar-refractivity contribution is 9.10. The summed E-state index contributed by atoms with van der Waals surface area (Å²) in [7, 11) is 0. The molecule has 0 spiro atoms. The van der Waals surface area contributed by atoms with E-state index in [2.05, 4.69) is 22.0 Å². The number of aliphatic hydroxyl groups excluding tert-OH is 1. The van der Waals surface area contributed by atoms with E-state index in [1.165, 1.54) is 5.56 Å². The van der Waals surface area contributed by atoms with E-state index in [1.54, 1.807) is 6.92 Å². The van der Waals surface area contributed by atoms with Gasteiger partial charge in [-0.25, -0.2) is 0 Å². The van der Waals surface area contributed by atoms with Crippen molar-refractivity contribution in [1.82, 2.24) is 0 Å². The fourth-order valence-electron chi connectivity index (χ4n) is 1.85. The Morgan fingerprint density at radius 2 is 2.36 bits per heavy atom. The number of fused-ring (bicyclic) bond motifs is 1. The van der Waals surface area contributed by atoms with Crippen LogP contribution in [-0.2, 0) is 11.2 Å². The molecule has 1 aromatic carbocycles. The summed E-state index contributed by atoms with van der Waals surface area (Å²) in [6.45, 7) is 2.46. The van der Waals surface area contributed by atoms with Crippen LogP contribution in [-0.4, -0.2) is 17.8 Å². The van der Waals surface area contributed by atoms with Crippen LogP contribution in [0, 0.1) is 0 Å². The van der Waals surface area contributed by atoms with Crippen molar-refractivity contribution in [3.8, 4) is 0 Å². The van der Waals surface area contributed by atoms with Crippen molar-refractivity contribution < 1.29 is 9.84 Å². The van der Waals surface area contributed by atoms with E-state index >= 15 is 0 Å². The average molecular weight is 257 g/mol. The maximum Gasteiger partial charge on any atom is 0.108 e. The molecule has 0 aliphatic carbocycles. The normalized spacial score (nSPS) is 22.9. The van der Waals surface area contributed by atoms with Crippen molar-refractivity contribution in [1.29, 1.82) is 0 Å². The minimum absolute atomic E-state index is 0.160. The fraction of sp³-hybridized carbons (Fsp3) is 0.455. The van der Waals surface area contributed by atoms with Crippen LogP contribution in [0.4, 0.5) is 0 Å². The molecule has 1 heterocycles. The van der Waals surface area contributed by atoms with Crippen molar-refractivity contribution in [2.45, 2.75) is 25.6 Å². The van der Waals surface area contributed by atoms with Crippen molar-refractivity contribution in [3.63, 3.8) is 0 Å². The lowest BCUT2D eigenvalue weighted by Crippen LogP contribution is -2.24. The van der Waals surface area contributed by atoms with Crippen molar-refractivity contribution in [3.05, 3.63) is 33.8 Å². The molecule has 0 amide bonds. The van der Waals surface area contributed by atoms with Crippen LogP contribution in [0.2, 0.25) is 0 Å². The quantitative estimate of drug-likeness (QED) is 0.837. The van der Waals surface area contributed by atoms with E-state index in [9.17, 15) is 5.11 Å². The molecule has 1 aliphatic heterocycles. The molecule has 1 N–H and O–H groups in total. The maximum atomic E-state index is 9.56. The summed E-state index contributed by atoms with van der Waals surface area (Å²) < 4.78 is 6.63. The molecular formula is C11H13BrO2. The first kappa shape index (κ1) is 10.1. The second-order valence-corrected chi connectivity index (χ2v) is 4.54. The van der Waals surface area contributed by atoms with Gasteiger partial charge in [-0.1, -0.05) is 22.0 Å². The molecule has 1 aliphatic rings. The summed E-state index contributed by atoms with van der Waals surface area (Å²) in [6.07, 6.45) is 0.319. The van der Waals surface area contributed by atoms with Gasteiger partial charge in [0.05, 0.1) is 12.7 Å². The molecule has 0 aromatic heterocycles. The molecule has 1 aromatic rings. The second-order valence-electron chi connectivity index (χ2n) is 3.63. The van der Waals surface area contributed by atoms with E-state index in [0.29, 0.717) is 6.61 Å². The Balaban J connectivity index is 2.40. The summed E-state index contributed by atoms with van der Waals surface area (Å²) >= 11 is 3.44. The molecule has 2 atom stereocenters. The summed E-state index contributed by atoms with van der Waals surface area (Å²) in [5.74, 6) is 0. The van der Waals surface area contributed by atoms with E-state index in [1.807, 2.05) is 12.1 Å². The van der Waals surface area contributed by atoms with Crippen molar-refractivity contribution >= 4 is 15.9 Å². The molecular weight excluding hydrogens is 244 g/mol. The maximum absolute atomic E-state index is 9.56. The first-order chi connectivity index (χ1) is 6.68. The number of hydrogen-bond donors (Lipinski definition) is 1. The highest BCUT2D eigenvalue weighted by atomic mass is 79.9. The van der Waals surface area contributed by atoms with Crippen LogP contribution in [0.1, 0.15) is 24.2 Å². The number of aliphatic hydroxyl groups is 1. The Kier molecular flexibility index (Phi) is 2.91. The molecule has 0 radical (unpaired) electrons. The van der Waals surface area contributed by atoms with E-state index in [0.717, 1.165) is 16.5 Å². The lowest BCUT2D eigenvalue weighted by atomic mass is 9.95. The van der Waals surface area contributed by atoms with Gasteiger partial charge in [0.1, 0.15) is 6.10 Å². The predicted molar refractivity (Wildman–Crippen MR) is 58.2 cm³/mol. The Morgan fingerprint density at radius 1 is 1.57 bits per heavy atom. The summed E-state index contributed by atoms with van der Waals surface area (Å²) in [5, 5.41) is 9.56. The lowest BCUT2D eigenvalue weighted by molar-refractivity contribution is -0.0386. The number of rotatable bonds is 1. The molecule has 2 nitrogen and oxygen atoms in total. The molecule has 1 unspecified atom stereocenters. The highest BCUT2D eigenvalue weighted by Gasteiger charge is 2.24. The van der Waals surface area contributed by atoms with Gasteiger partial charge in [-0.3, -0.25) is 0 Å². The molecule has 0 fully saturated rings. The van der Waals surface area contributed by atoms with E-state index < -0.39 is 6.10 Å². The largest absolute Gasteiger partial charge is 0.390 e. The minimum atomic E-state index is -0.449. The van der Waals surface area contributed by atoms with Gasteiger partial charge in [0.2, 0.25) is 0 Å². The smallest absolute Gasteiger partial charge is 0.108 e. The van der Waals surface area contributed by atoms with Gasteiger partial charge in [-0.2, -0.15) is 0 Å². The Bertz CT molecular complexity index is 336. The van der Waals surface area contributed by atoms with Crippen LogP contribution >= 0.6 is 15.9 Å². The second kappa shape index (κ2) is 4.01. The zero-order valence-electron chi connectivity index (χ0n) is 8.03. The molecule has 3 heteroatoms. The number of ether oxygens (including phenoxy) is 1. The van der Waals surface area contributed by atoms with Gasteiger partial charge in [0.15, 0.2) is 0 Å². The van der Waals surface area contributed by atoms with Crippen LogP contribution in [0.25, 0.3) is 0 Å². The number of halogens is 1. The van der Waals surface area contributed by atoms with E-state index in [-0.39, 0.29) is 6.10 Å². The monoisotopic (exact) mass is 256 g/mol. The van der Waals surface area contributed by atoms with Gasteiger partial charge in [-0.05, 0) is 36.6 Å². The SMILES string of the molecule is CC(O)[C@H]1OCCc2cc(Br)ccc21. The summed E-state index contributed by atoms with van der Waals surface area (Å²) in [4.78, 5) is 0. The lowest BCUT2D eigenvalue weighted by Gasteiger charge is -2.28. The Labute approximate surface area is 92.0 Å². The summed E-state index contributed by atoms with van der Waals surface area (Å²) in [5.41, 5.74) is 2.39. The molecule has 0 saturated heterocycles. The van der Waals surface area contributed by atoms with E-state index in [4.69, 9.17) is 4.74 Å². The van der Waals surface area contributed by atoms with Crippen LogP contribution in [0.5, 0.6) is 0 Å².